The molecule has 0 saturated carbocycles. The minimum atomic E-state index is -0.462. The van der Waals surface area contributed by atoms with E-state index in [9.17, 15) is 14.9 Å². The van der Waals surface area contributed by atoms with Crippen LogP contribution in [0.15, 0.2) is 72.9 Å². The molecular formula is C24H21N3O5. The number of benzene rings is 3. The van der Waals surface area contributed by atoms with Crippen LogP contribution < -0.4 is 14.5 Å². The van der Waals surface area contributed by atoms with Crippen LogP contribution in [0.5, 0.6) is 11.5 Å². The molecule has 1 heterocycles. The molecule has 1 aliphatic rings. The fraction of sp³-hybridized carbons (Fsp3) is 0.125. The lowest BCUT2D eigenvalue weighted by atomic mass is 9.95. The van der Waals surface area contributed by atoms with Gasteiger partial charge in [0, 0.05) is 36.4 Å². The Hall–Kier alpha value is -4.33. The van der Waals surface area contributed by atoms with E-state index in [0.717, 1.165) is 16.7 Å². The lowest BCUT2D eigenvalue weighted by molar-refractivity contribution is -0.384. The lowest BCUT2D eigenvalue weighted by Crippen LogP contribution is -2.41. The summed E-state index contributed by atoms with van der Waals surface area (Å²) in [5.74, 6) is 0.972. The van der Waals surface area contributed by atoms with Crippen LogP contribution in [0.2, 0.25) is 0 Å². The fourth-order valence-electron chi connectivity index (χ4n) is 3.68. The van der Waals surface area contributed by atoms with Crippen LogP contribution in [0, 0.1) is 10.1 Å². The average Bonchev–Trinajstić information content (AvgIpc) is 2.82. The highest BCUT2D eigenvalue weighted by molar-refractivity contribution is 5.95. The average molecular weight is 431 g/mol. The Balaban J connectivity index is 1.98. The third kappa shape index (κ3) is 3.62. The standard InChI is InChI=1S/C24H21N3O5/c1-16(28)25-15-21(17-8-10-18(31-2)11-9-17)20-13-12-19(32-3)14-24(20)26(25)22-6-4-5-7-23(22)27(29)30/h4-15H,1-3H3. The number of amides is 1. The largest absolute Gasteiger partial charge is 0.497 e. The van der Waals surface area contributed by atoms with E-state index in [0.29, 0.717) is 17.2 Å². The van der Waals surface area contributed by atoms with Crippen molar-refractivity contribution in [2.24, 2.45) is 0 Å². The molecule has 1 aliphatic heterocycles. The van der Waals surface area contributed by atoms with Gasteiger partial charge in [0.2, 0.25) is 5.91 Å². The number of nitro groups is 1. The summed E-state index contributed by atoms with van der Waals surface area (Å²) in [6, 6.07) is 19.3. The Morgan fingerprint density at radius 3 is 2.19 bits per heavy atom. The maximum absolute atomic E-state index is 12.7. The normalized spacial score (nSPS) is 12.7. The van der Waals surface area contributed by atoms with Crippen molar-refractivity contribution in [2.75, 3.05) is 19.2 Å². The molecule has 8 nitrogen and oxygen atoms in total. The van der Waals surface area contributed by atoms with Crippen molar-refractivity contribution in [3.8, 4) is 11.5 Å². The van der Waals surface area contributed by atoms with Gasteiger partial charge in [0.05, 0.1) is 24.8 Å². The Bertz CT molecular complexity index is 1220. The Morgan fingerprint density at radius 2 is 1.56 bits per heavy atom. The van der Waals surface area contributed by atoms with E-state index in [-0.39, 0.29) is 17.3 Å². The molecule has 3 aromatic rings. The molecule has 0 N–H and O–H groups in total. The zero-order valence-corrected chi connectivity index (χ0v) is 17.8. The third-order valence-corrected chi connectivity index (χ3v) is 5.22. The number of carbonyl (C=O) groups is 1. The third-order valence-electron chi connectivity index (χ3n) is 5.22. The van der Waals surface area contributed by atoms with E-state index >= 15 is 0 Å². The number of fused-ring (bicyclic) bond motifs is 1. The monoisotopic (exact) mass is 431 g/mol. The van der Waals surface area contributed by atoms with Gasteiger partial charge in [-0.3, -0.25) is 14.9 Å². The van der Waals surface area contributed by atoms with E-state index in [1.54, 1.807) is 49.7 Å². The number of anilines is 2. The fourth-order valence-corrected chi connectivity index (χ4v) is 3.68. The van der Waals surface area contributed by atoms with Crippen LogP contribution in [0.3, 0.4) is 0 Å². The number of nitrogens with zero attached hydrogens (tertiary/aromatic N) is 3. The van der Waals surface area contributed by atoms with Crippen LogP contribution in [0.1, 0.15) is 18.1 Å². The van der Waals surface area contributed by atoms with Gasteiger partial charge < -0.3 is 9.47 Å². The first kappa shape index (κ1) is 20.9. The number of hydrogen-bond acceptors (Lipinski definition) is 6. The van der Waals surface area contributed by atoms with Gasteiger partial charge >= 0.3 is 0 Å². The summed E-state index contributed by atoms with van der Waals surface area (Å²) in [5.41, 5.74) is 3.19. The predicted molar refractivity (Wildman–Crippen MR) is 121 cm³/mol. The van der Waals surface area contributed by atoms with Crippen molar-refractivity contribution >= 4 is 28.5 Å². The second-order valence-electron chi connectivity index (χ2n) is 7.08. The summed E-state index contributed by atoms with van der Waals surface area (Å²) in [7, 11) is 3.14. The lowest BCUT2D eigenvalue weighted by Gasteiger charge is -2.38. The summed E-state index contributed by atoms with van der Waals surface area (Å²) in [6.45, 7) is 1.41. The highest BCUT2D eigenvalue weighted by Gasteiger charge is 2.33. The van der Waals surface area contributed by atoms with E-state index in [2.05, 4.69) is 0 Å². The zero-order chi connectivity index (χ0) is 22.8. The number of nitro benzene ring substituents is 1. The molecule has 32 heavy (non-hydrogen) atoms. The van der Waals surface area contributed by atoms with E-state index < -0.39 is 4.92 Å². The smallest absolute Gasteiger partial charge is 0.294 e. The first-order valence-corrected chi connectivity index (χ1v) is 9.82. The minimum Gasteiger partial charge on any atom is -0.497 e. The predicted octanol–water partition coefficient (Wildman–Crippen LogP) is 4.92. The summed E-state index contributed by atoms with van der Waals surface area (Å²) < 4.78 is 10.7. The number of carbonyl (C=O) groups excluding carboxylic acids is 1. The minimum absolute atomic E-state index is 0.117. The van der Waals surface area contributed by atoms with Crippen LogP contribution >= 0.6 is 0 Å². The van der Waals surface area contributed by atoms with Crippen molar-refractivity contribution in [1.82, 2.24) is 5.01 Å². The molecular weight excluding hydrogens is 410 g/mol. The number of hydrazine groups is 1. The van der Waals surface area contributed by atoms with E-state index in [4.69, 9.17) is 9.47 Å². The molecule has 0 fully saturated rings. The molecule has 4 rings (SSSR count). The topological polar surface area (TPSA) is 85.2 Å². The van der Waals surface area contributed by atoms with Crippen molar-refractivity contribution in [3.63, 3.8) is 0 Å². The molecule has 0 radical (unpaired) electrons. The number of hydrogen-bond donors (Lipinski definition) is 0. The zero-order valence-electron chi connectivity index (χ0n) is 17.8. The molecule has 0 unspecified atom stereocenters. The Labute approximate surface area is 185 Å². The Kier molecular flexibility index (Phi) is 5.51. The number of ether oxygens (including phenoxy) is 2. The first-order chi connectivity index (χ1) is 15.4. The molecule has 162 valence electrons. The van der Waals surface area contributed by atoms with E-state index in [1.165, 1.54) is 18.0 Å². The summed E-state index contributed by atoms with van der Waals surface area (Å²) >= 11 is 0. The van der Waals surface area contributed by atoms with Crippen LogP contribution in [-0.4, -0.2) is 30.1 Å². The second-order valence-corrected chi connectivity index (χ2v) is 7.08. The molecule has 0 bridgehead atoms. The summed E-state index contributed by atoms with van der Waals surface area (Å²) in [6.07, 6.45) is 1.69. The molecule has 1 amide bonds. The quantitative estimate of drug-likeness (QED) is 0.421. The maximum Gasteiger partial charge on any atom is 0.294 e. The van der Waals surface area contributed by atoms with Gasteiger partial charge in [0.15, 0.2) is 0 Å². The van der Waals surface area contributed by atoms with Gasteiger partial charge in [0.25, 0.3) is 5.69 Å². The molecule has 0 aromatic heterocycles. The first-order valence-electron chi connectivity index (χ1n) is 9.82. The van der Waals surface area contributed by atoms with Crippen molar-refractivity contribution in [2.45, 2.75) is 6.92 Å². The number of rotatable bonds is 5. The highest BCUT2D eigenvalue weighted by atomic mass is 16.6. The summed E-state index contributed by atoms with van der Waals surface area (Å²) in [5, 5.41) is 14.7. The van der Waals surface area contributed by atoms with Crippen molar-refractivity contribution in [1.29, 1.82) is 0 Å². The molecule has 0 aliphatic carbocycles. The molecule has 8 heteroatoms. The van der Waals surface area contributed by atoms with Crippen LogP contribution in [-0.2, 0) is 4.79 Å². The van der Waals surface area contributed by atoms with Crippen molar-refractivity contribution < 1.29 is 19.2 Å². The molecule has 0 spiro atoms. The van der Waals surface area contributed by atoms with Gasteiger partial charge in [-0.1, -0.05) is 24.3 Å². The van der Waals surface area contributed by atoms with Crippen LogP contribution in [0.25, 0.3) is 5.57 Å². The summed E-state index contributed by atoms with van der Waals surface area (Å²) in [4.78, 5) is 24.0. The van der Waals surface area contributed by atoms with Gasteiger partial charge in [-0.2, -0.15) is 0 Å². The molecule has 3 aromatic carbocycles. The van der Waals surface area contributed by atoms with Gasteiger partial charge in [0.1, 0.15) is 17.2 Å². The second kappa shape index (κ2) is 8.43. The van der Waals surface area contributed by atoms with Gasteiger partial charge in [-0.25, -0.2) is 10.0 Å². The van der Waals surface area contributed by atoms with Gasteiger partial charge in [-0.15, -0.1) is 0 Å². The van der Waals surface area contributed by atoms with E-state index in [1.807, 2.05) is 36.4 Å². The highest BCUT2D eigenvalue weighted by Crippen LogP contribution is 2.45. The van der Waals surface area contributed by atoms with Crippen LogP contribution in [0.4, 0.5) is 17.1 Å². The Morgan fingerprint density at radius 1 is 0.906 bits per heavy atom. The van der Waals surface area contributed by atoms with Crippen molar-refractivity contribution in [3.05, 3.63) is 94.2 Å². The molecule has 0 atom stereocenters. The number of methoxy groups -OCH3 is 2. The SMILES string of the molecule is COc1ccc(C2=CN(C(C)=O)N(c3ccccc3[N+](=O)[O-])c3cc(OC)ccc32)cc1. The number of para-hydroxylation sites is 2. The molecule has 0 saturated heterocycles. The maximum atomic E-state index is 12.7. The van der Waals surface area contributed by atoms with Gasteiger partial charge in [-0.05, 0) is 35.9 Å².